The highest BCUT2D eigenvalue weighted by molar-refractivity contribution is 9.08. The molecule has 4 nitrogen and oxygen atoms in total. The number of rotatable bonds is 7. The van der Waals surface area contributed by atoms with Gasteiger partial charge in [-0.3, -0.25) is 0 Å². The van der Waals surface area contributed by atoms with Gasteiger partial charge in [-0.1, -0.05) is 34.1 Å². The maximum absolute atomic E-state index is 12.3. The van der Waals surface area contributed by atoms with Crippen molar-refractivity contribution in [1.29, 1.82) is 0 Å². The lowest BCUT2D eigenvalue weighted by Gasteiger charge is -2.19. The van der Waals surface area contributed by atoms with E-state index >= 15 is 0 Å². The van der Waals surface area contributed by atoms with Crippen molar-refractivity contribution in [2.45, 2.75) is 10.2 Å². The predicted molar refractivity (Wildman–Crippen MR) is 75.1 cm³/mol. The number of aliphatic hydroxyl groups excluding tert-OH is 1. The van der Waals surface area contributed by atoms with Crippen molar-refractivity contribution in [2.75, 3.05) is 19.7 Å². The van der Waals surface area contributed by atoms with Gasteiger partial charge in [0.05, 0.1) is 11.5 Å². The average Bonchev–Trinajstić information content (AvgIpc) is 2.38. The van der Waals surface area contributed by atoms with Crippen LogP contribution in [0.4, 0.5) is 0 Å². The monoisotopic (exact) mass is 333 g/mol. The van der Waals surface area contributed by atoms with Crippen LogP contribution in [0.5, 0.6) is 0 Å². The lowest BCUT2D eigenvalue weighted by Crippen LogP contribution is -2.33. The van der Waals surface area contributed by atoms with Gasteiger partial charge in [0.25, 0.3) is 0 Å². The number of nitrogens with zero attached hydrogens (tertiary/aromatic N) is 1. The number of halogens is 1. The van der Waals surface area contributed by atoms with Crippen LogP contribution in [0.15, 0.2) is 41.8 Å². The Balaban J connectivity index is 3.04. The predicted octanol–water partition coefficient (Wildman–Crippen LogP) is 1.75. The lowest BCUT2D eigenvalue weighted by molar-refractivity contribution is 0.260. The van der Waals surface area contributed by atoms with Gasteiger partial charge in [-0.05, 0) is 17.7 Å². The van der Waals surface area contributed by atoms with E-state index in [9.17, 15) is 8.42 Å². The van der Waals surface area contributed by atoms with Gasteiger partial charge in [0.2, 0.25) is 10.0 Å². The summed E-state index contributed by atoms with van der Waals surface area (Å²) in [6.45, 7) is 3.56. The zero-order chi connectivity index (χ0) is 13.6. The Bertz CT molecular complexity index is 485. The molecule has 100 valence electrons. The minimum absolute atomic E-state index is 0.0640. The second-order valence-electron chi connectivity index (χ2n) is 3.65. The molecule has 18 heavy (non-hydrogen) atoms. The molecule has 0 heterocycles. The standard InChI is InChI=1S/C12H16BrNO3S/c1-2-7-14(8-9-15)18(16,17)12-5-3-11(10-13)4-6-12/h2-6,15H,1,7-10H2. The van der Waals surface area contributed by atoms with Gasteiger partial charge in [-0.15, -0.1) is 6.58 Å². The summed E-state index contributed by atoms with van der Waals surface area (Å²) < 4.78 is 25.7. The summed E-state index contributed by atoms with van der Waals surface area (Å²) in [6.07, 6.45) is 1.50. The molecular formula is C12H16BrNO3S. The summed E-state index contributed by atoms with van der Waals surface area (Å²) in [4.78, 5) is 0.225. The van der Waals surface area contributed by atoms with Crippen molar-refractivity contribution in [2.24, 2.45) is 0 Å². The van der Waals surface area contributed by atoms with Crippen LogP contribution in [-0.4, -0.2) is 37.5 Å². The number of sulfonamides is 1. The van der Waals surface area contributed by atoms with Crippen LogP contribution in [0.3, 0.4) is 0 Å². The first-order valence-corrected chi connectivity index (χ1v) is 7.99. The molecule has 0 saturated heterocycles. The molecule has 0 unspecified atom stereocenters. The van der Waals surface area contributed by atoms with Crippen LogP contribution in [0.1, 0.15) is 5.56 Å². The summed E-state index contributed by atoms with van der Waals surface area (Å²) in [5, 5.41) is 9.59. The van der Waals surface area contributed by atoms with Crippen molar-refractivity contribution >= 4 is 26.0 Å². The topological polar surface area (TPSA) is 57.6 Å². The van der Waals surface area contributed by atoms with E-state index in [1.54, 1.807) is 24.3 Å². The number of alkyl halides is 1. The summed E-state index contributed by atoms with van der Waals surface area (Å²) in [7, 11) is -3.56. The fourth-order valence-corrected chi connectivity index (χ4v) is 3.24. The molecule has 0 bridgehead atoms. The third-order valence-corrected chi connectivity index (χ3v) is 4.92. The SMILES string of the molecule is C=CCN(CCO)S(=O)(=O)c1ccc(CBr)cc1. The Labute approximate surface area is 116 Å². The highest BCUT2D eigenvalue weighted by Crippen LogP contribution is 2.17. The fraction of sp³-hybridized carbons (Fsp3) is 0.333. The highest BCUT2D eigenvalue weighted by atomic mass is 79.9. The number of hydrogen-bond donors (Lipinski definition) is 1. The maximum atomic E-state index is 12.3. The van der Waals surface area contributed by atoms with Crippen molar-refractivity contribution in [3.05, 3.63) is 42.5 Å². The fourth-order valence-electron chi connectivity index (χ4n) is 1.46. The molecule has 0 fully saturated rings. The van der Waals surface area contributed by atoms with E-state index in [0.717, 1.165) is 5.56 Å². The van der Waals surface area contributed by atoms with Crippen LogP contribution in [-0.2, 0) is 15.4 Å². The molecular weight excluding hydrogens is 318 g/mol. The second-order valence-corrected chi connectivity index (χ2v) is 6.15. The van der Waals surface area contributed by atoms with Gasteiger partial charge in [0.1, 0.15) is 0 Å². The van der Waals surface area contributed by atoms with Gasteiger partial charge in [0, 0.05) is 18.4 Å². The number of aliphatic hydroxyl groups is 1. The lowest BCUT2D eigenvalue weighted by atomic mass is 10.2. The Morgan fingerprint density at radius 2 is 1.94 bits per heavy atom. The van der Waals surface area contributed by atoms with E-state index in [1.165, 1.54) is 10.4 Å². The van der Waals surface area contributed by atoms with E-state index in [2.05, 4.69) is 22.5 Å². The van der Waals surface area contributed by atoms with Crippen LogP contribution < -0.4 is 0 Å². The van der Waals surface area contributed by atoms with Crippen LogP contribution in [0.2, 0.25) is 0 Å². The van der Waals surface area contributed by atoms with E-state index < -0.39 is 10.0 Å². The van der Waals surface area contributed by atoms with Crippen LogP contribution >= 0.6 is 15.9 Å². The van der Waals surface area contributed by atoms with Crippen LogP contribution in [0.25, 0.3) is 0 Å². The Hall–Kier alpha value is -0.690. The minimum atomic E-state index is -3.56. The maximum Gasteiger partial charge on any atom is 0.243 e. The summed E-state index contributed by atoms with van der Waals surface area (Å²) in [5.41, 5.74) is 1.01. The second kappa shape index (κ2) is 7.04. The first kappa shape index (κ1) is 15.4. The van der Waals surface area contributed by atoms with Gasteiger partial charge in [-0.25, -0.2) is 8.42 Å². The molecule has 0 aromatic heterocycles. The van der Waals surface area contributed by atoms with E-state index in [4.69, 9.17) is 5.11 Å². The molecule has 0 aliphatic heterocycles. The Morgan fingerprint density at radius 1 is 1.33 bits per heavy atom. The summed E-state index contributed by atoms with van der Waals surface area (Å²) in [5.74, 6) is 0. The summed E-state index contributed by atoms with van der Waals surface area (Å²) in [6, 6.07) is 6.65. The molecule has 0 atom stereocenters. The molecule has 6 heteroatoms. The van der Waals surface area contributed by atoms with Gasteiger partial charge >= 0.3 is 0 Å². The summed E-state index contributed by atoms with van der Waals surface area (Å²) >= 11 is 3.30. The van der Waals surface area contributed by atoms with E-state index in [-0.39, 0.29) is 24.6 Å². The third-order valence-electron chi connectivity index (χ3n) is 2.40. The van der Waals surface area contributed by atoms with Gasteiger partial charge in [0.15, 0.2) is 0 Å². The quantitative estimate of drug-likeness (QED) is 0.611. The van der Waals surface area contributed by atoms with E-state index in [0.29, 0.717) is 5.33 Å². The molecule has 1 aromatic rings. The Kier molecular flexibility index (Phi) is 6.01. The van der Waals surface area contributed by atoms with Crippen molar-refractivity contribution in [1.82, 2.24) is 4.31 Å². The van der Waals surface area contributed by atoms with Crippen LogP contribution in [0, 0.1) is 0 Å². The zero-order valence-electron chi connectivity index (χ0n) is 9.92. The van der Waals surface area contributed by atoms with Crippen molar-refractivity contribution in [3.63, 3.8) is 0 Å². The smallest absolute Gasteiger partial charge is 0.243 e. The van der Waals surface area contributed by atoms with Crippen molar-refractivity contribution < 1.29 is 13.5 Å². The zero-order valence-corrected chi connectivity index (χ0v) is 12.3. The largest absolute Gasteiger partial charge is 0.395 e. The molecule has 0 saturated carbocycles. The molecule has 1 N–H and O–H groups in total. The molecule has 1 rings (SSSR count). The van der Waals surface area contributed by atoms with Crippen molar-refractivity contribution in [3.8, 4) is 0 Å². The first-order chi connectivity index (χ1) is 8.56. The number of hydrogen-bond acceptors (Lipinski definition) is 3. The van der Waals surface area contributed by atoms with Gasteiger partial charge in [-0.2, -0.15) is 4.31 Å². The third kappa shape index (κ3) is 3.65. The molecule has 1 aromatic carbocycles. The van der Waals surface area contributed by atoms with Gasteiger partial charge < -0.3 is 5.11 Å². The normalized spacial score (nSPS) is 11.7. The van der Waals surface area contributed by atoms with E-state index in [1.807, 2.05) is 0 Å². The average molecular weight is 334 g/mol. The molecule has 0 aliphatic carbocycles. The minimum Gasteiger partial charge on any atom is -0.395 e. The molecule has 0 aliphatic rings. The number of benzene rings is 1. The first-order valence-electron chi connectivity index (χ1n) is 5.43. The molecule has 0 amide bonds. The Morgan fingerprint density at radius 3 is 2.39 bits per heavy atom. The highest BCUT2D eigenvalue weighted by Gasteiger charge is 2.22. The molecule has 0 spiro atoms. The molecule has 0 radical (unpaired) electrons.